The van der Waals surface area contributed by atoms with Gasteiger partial charge in [0, 0.05) is 0 Å². The summed E-state index contributed by atoms with van der Waals surface area (Å²) in [5.74, 6) is -3.73. The second-order valence-electron chi connectivity index (χ2n) is 3.15. The third-order valence-corrected chi connectivity index (χ3v) is 1.81. The minimum atomic E-state index is -5.07. The monoisotopic (exact) mass is 250 g/mol. The number of hydrogen-bond acceptors (Lipinski definition) is 3. The Morgan fingerprint density at radius 1 is 1.29 bits per heavy atom. The Morgan fingerprint density at radius 3 is 2.18 bits per heavy atom. The summed E-state index contributed by atoms with van der Waals surface area (Å²) in [7, 11) is 0. The van der Waals surface area contributed by atoms with Crippen LogP contribution in [0.3, 0.4) is 0 Å². The van der Waals surface area contributed by atoms with E-state index >= 15 is 0 Å². The number of halogens is 3. The zero-order chi connectivity index (χ0) is 12.8. The summed E-state index contributed by atoms with van der Waals surface area (Å²) < 4.78 is 35.5. The van der Waals surface area contributed by atoms with Crippen molar-refractivity contribution < 1.29 is 27.9 Å². The van der Waals surface area contributed by atoms with Crippen LogP contribution in [0, 0.1) is 0 Å². The van der Waals surface area contributed by atoms with E-state index in [0.29, 0.717) is 19.4 Å². The molecule has 0 aliphatic rings. The number of hydrogen-bond donors (Lipinski definition) is 3. The van der Waals surface area contributed by atoms with Gasteiger partial charge in [-0.05, 0) is 25.8 Å². The van der Waals surface area contributed by atoms with Crippen LogP contribution >= 0.6 is 0 Å². The van der Waals surface area contributed by atoms with Crippen molar-refractivity contribution in [3.8, 4) is 0 Å². The van der Waals surface area contributed by atoms with Gasteiger partial charge in [-0.25, -0.2) is 4.79 Å². The maximum absolute atomic E-state index is 11.8. The molecule has 0 saturated heterocycles. The number of aliphatic carboxylic acids is 1. The van der Waals surface area contributed by atoms with E-state index in [9.17, 15) is 22.8 Å². The van der Waals surface area contributed by atoms with E-state index in [1.807, 2.05) is 0 Å². The molecule has 1 atom stereocenters. The molecule has 0 bridgehead atoms. The molecule has 0 radical (unpaired) electrons. The number of alkyl halides is 3. The van der Waals surface area contributed by atoms with Crippen molar-refractivity contribution in [2.45, 2.75) is 31.5 Å². The van der Waals surface area contributed by atoms with Crippen LogP contribution in [0.2, 0.25) is 0 Å². The van der Waals surface area contributed by atoms with E-state index in [1.54, 1.807) is 0 Å². The Labute approximate surface area is 108 Å². The Kier molecular flexibility index (Phi) is 9.20. The molecule has 0 rings (SSSR count). The first kappa shape index (κ1) is 18.6. The van der Waals surface area contributed by atoms with Crippen molar-refractivity contribution in [1.29, 1.82) is 0 Å². The van der Waals surface area contributed by atoms with Gasteiger partial charge in [-0.1, -0.05) is 0 Å². The number of carboxylic acid groups (broad SMARTS) is 1. The van der Waals surface area contributed by atoms with E-state index in [4.69, 9.17) is 10.8 Å². The fourth-order valence-corrected chi connectivity index (χ4v) is 0.990. The summed E-state index contributed by atoms with van der Waals surface area (Å²) in [6.07, 6.45) is -4.31. The Bertz CT molecular complexity index is 261. The maximum atomic E-state index is 11.8. The molecular weight excluding hydrogens is 236 g/mol. The quantitative estimate of drug-likeness (QED) is 0.441. The van der Waals surface area contributed by atoms with Gasteiger partial charge in [0.15, 0.2) is 0 Å². The first-order valence-corrected chi connectivity index (χ1v) is 4.59. The van der Waals surface area contributed by atoms with Crippen molar-refractivity contribution in [3.05, 3.63) is 0 Å². The molecule has 0 heterocycles. The summed E-state index contributed by atoms with van der Waals surface area (Å²) in [5, 5.41) is 9.98. The van der Waals surface area contributed by atoms with Gasteiger partial charge in [0.2, 0.25) is 0 Å². The van der Waals surface area contributed by atoms with Crippen molar-refractivity contribution in [2.24, 2.45) is 5.73 Å². The number of nitrogens with one attached hydrogen (secondary N) is 1. The van der Waals surface area contributed by atoms with Crippen LogP contribution < -0.4 is 11.1 Å². The molecule has 0 aliphatic heterocycles. The molecule has 96 valence electrons. The van der Waals surface area contributed by atoms with Gasteiger partial charge >= 0.3 is 36.9 Å². The molecule has 1 amide bonds. The zero-order valence-electron chi connectivity index (χ0n) is 8.38. The number of carboxylic acids is 1. The number of carbonyl (C=O) groups is 2. The fraction of sp³-hybridized carbons (Fsp3) is 0.750. The second-order valence-corrected chi connectivity index (χ2v) is 3.15. The molecule has 0 aromatic rings. The van der Waals surface area contributed by atoms with Crippen LogP contribution in [0.5, 0.6) is 0 Å². The Morgan fingerprint density at radius 2 is 1.82 bits per heavy atom. The van der Waals surface area contributed by atoms with E-state index in [2.05, 4.69) is 0 Å². The van der Waals surface area contributed by atoms with Gasteiger partial charge in [0.25, 0.3) is 0 Å². The van der Waals surface area contributed by atoms with Gasteiger partial charge < -0.3 is 16.2 Å². The van der Waals surface area contributed by atoms with Crippen LogP contribution in [-0.2, 0) is 9.59 Å². The van der Waals surface area contributed by atoms with E-state index in [0.717, 1.165) is 0 Å². The summed E-state index contributed by atoms with van der Waals surface area (Å²) >= 11 is 0. The average molecular weight is 250 g/mol. The Balaban J connectivity index is 0. The molecule has 0 aromatic heterocycles. The SMILES string of the molecule is NCCCCC(NC(=O)C(F)(F)F)C(=O)O.[LiH]. The summed E-state index contributed by atoms with van der Waals surface area (Å²) in [6, 6.07) is -1.53. The number of unbranched alkanes of at least 4 members (excludes halogenated alkanes) is 1. The summed E-state index contributed by atoms with van der Waals surface area (Å²) in [6.45, 7) is 0.319. The standard InChI is InChI=1S/C8H13F3N2O3.Li.H/c9-8(10,11)7(16)13-5(6(14)15)3-1-2-4-12;;/h5H,1-4,12H2,(H,13,16)(H,14,15);;. The number of rotatable bonds is 6. The van der Waals surface area contributed by atoms with E-state index in [1.165, 1.54) is 5.32 Å². The minimum absolute atomic E-state index is 0. The van der Waals surface area contributed by atoms with Crippen molar-refractivity contribution in [3.63, 3.8) is 0 Å². The molecule has 1 unspecified atom stereocenters. The van der Waals surface area contributed by atoms with Gasteiger partial charge in [-0.15, -0.1) is 0 Å². The van der Waals surface area contributed by atoms with Crippen LogP contribution in [0.1, 0.15) is 19.3 Å². The van der Waals surface area contributed by atoms with Crippen LogP contribution in [0.4, 0.5) is 13.2 Å². The molecule has 0 aromatic carbocycles. The Hall–Kier alpha value is -0.713. The third kappa shape index (κ3) is 8.07. The number of amides is 1. The molecule has 5 nitrogen and oxygen atoms in total. The predicted molar refractivity (Wildman–Crippen MR) is 55.7 cm³/mol. The molecule has 0 saturated carbocycles. The zero-order valence-corrected chi connectivity index (χ0v) is 8.38. The van der Waals surface area contributed by atoms with Crippen molar-refractivity contribution in [2.75, 3.05) is 6.54 Å². The van der Waals surface area contributed by atoms with Crippen molar-refractivity contribution >= 4 is 30.7 Å². The summed E-state index contributed by atoms with van der Waals surface area (Å²) in [5.41, 5.74) is 5.15. The molecule has 17 heavy (non-hydrogen) atoms. The molecule has 4 N–H and O–H groups in total. The van der Waals surface area contributed by atoms with Crippen LogP contribution in [0.15, 0.2) is 0 Å². The first-order chi connectivity index (χ1) is 7.29. The molecule has 0 aliphatic carbocycles. The predicted octanol–water partition coefficient (Wildman–Crippen LogP) is -0.401. The van der Waals surface area contributed by atoms with E-state index < -0.39 is 24.1 Å². The number of nitrogens with two attached hydrogens (primary N) is 1. The first-order valence-electron chi connectivity index (χ1n) is 4.59. The van der Waals surface area contributed by atoms with Crippen LogP contribution in [0.25, 0.3) is 0 Å². The van der Waals surface area contributed by atoms with Gasteiger partial charge in [-0.2, -0.15) is 13.2 Å². The van der Waals surface area contributed by atoms with Crippen LogP contribution in [-0.4, -0.2) is 54.6 Å². The normalized spacial score (nSPS) is 12.5. The third-order valence-electron chi connectivity index (χ3n) is 1.81. The molecular formula is C8H14F3LiN2O3. The molecule has 0 fully saturated rings. The summed E-state index contributed by atoms with van der Waals surface area (Å²) in [4.78, 5) is 21.0. The van der Waals surface area contributed by atoms with E-state index in [-0.39, 0.29) is 25.3 Å². The fourth-order valence-electron chi connectivity index (χ4n) is 0.990. The second kappa shape index (κ2) is 8.39. The number of carbonyl (C=O) groups excluding carboxylic acids is 1. The average Bonchev–Trinajstić information content (AvgIpc) is 2.14. The molecule has 9 heteroatoms. The van der Waals surface area contributed by atoms with Gasteiger partial charge in [-0.3, -0.25) is 4.79 Å². The van der Waals surface area contributed by atoms with Gasteiger partial charge in [0.05, 0.1) is 0 Å². The topological polar surface area (TPSA) is 92.4 Å². The molecule has 0 spiro atoms. The van der Waals surface area contributed by atoms with Crippen molar-refractivity contribution in [1.82, 2.24) is 5.32 Å². The van der Waals surface area contributed by atoms with Gasteiger partial charge in [0.1, 0.15) is 6.04 Å².